The molecule has 0 radical (unpaired) electrons. The maximum absolute atomic E-state index is 13.2. The number of nitrogens with zero attached hydrogens (tertiary/aromatic N) is 2. The molecule has 0 spiro atoms. The van der Waals surface area contributed by atoms with E-state index in [1.165, 1.54) is 0 Å². The maximum Gasteiger partial charge on any atom is 0.267 e. The molecule has 24 heavy (non-hydrogen) atoms. The lowest BCUT2D eigenvalue weighted by Crippen LogP contribution is -2.24. The molecule has 0 bridgehead atoms. The first kappa shape index (κ1) is 15.8. The Hall–Kier alpha value is -3.10. The molecule has 0 fully saturated rings. The highest BCUT2D eigenvalue weighted by atomic mass is 16.2. The van der Waals surface area contributed by atoms with Gasteiger partial charge >= 0.3 is 0 Å². The van der Waals surface area contributed by atoms with Crippen LogP contribution >= 0.6 is 0 Å². The summed E-state index contributed by atoms with van der Waals surface area (Å²) in [7, 11) is 0. The molecule has 0 atom stereocenters. The fraction of sp³-hybridized carbons (Fsp3) is 0.158. The van der Waals surface area contributed by atoms with Gasteiger partial charge in [-0.25, -0.2) is 4.98 Å². The van der Waals surface area contributed by atoms with Gasteiger partial charge in [0.2, 0.25) is 0 Å². The Labute approximate surface area is 139 Å². The standard InChI is InChI=1S/C19H17N3O2/c1-2-17-21-16-11-10-15(20)14(9-6-12-23)18(16)19(24)22(17)13-7-4-3-5-8-13/h3-5,7-8,10-11,23H,2,12,20H2,1H3. The SMILES string of the molecule is CCc1nc2ccc(N)c(C#CCO)c2c(=O)n1-c1ccccc1. The molecule has 1 heterocycles. The number of aliphatic hydroxyl groups excluding tert-OH is 1. The Bertz CT molecular complexity index is 1010. The number of nitrogen functional groups attached to an aromatic ring is 1. The number of anilines is 1. The predicted octanol–water partition coefficient (Wildman–Crippen LogP) is 1.87. The van der Waals surface area contributed by atoms with E-state index in [2.05, 4.69) is 16.8 Å². The number of nitrogens with two attached hydrogens (primary N) is 1. The number of aryl methyl sites for hydroxylation is 1. The summed E-state index contributed by atoms with van der Waals surface area (Å²) in [6.07, 6.45) is 0.613. The van der Waals surface area contributed by atoms with Crippen LogP contribution in [-0.2, 0) is 6.42 Å². The van der Waals surface area contributed by atoms with Gasteiger partial charge in [-0.1, -0.05) is 37.0 Å². The van der Waals surface area contributed by atoms with Crippen molar-refractivity contribution in [2.45, 2.75) is 13.3 Å². The van der Waals surface area contributed by atoms with Gasteiger partial charge in [0, 0.05) is 12.1 Å². The number of aromatic nitrogens is 2. The van der Waals surface area contributed by atoms with Gasteiger partial charge in [0.1, 0.15) is 12.4 Å². The van der Waals surface area contributed by atoms with Crippen molar-refractivity contribution in [2.75, 3.05) is 12.3 Å². The molecular weight excluding hydrogens is 302 g/mol. The van der Waals surface area contributed by atoms with Crippen molar-refractivity contribution >= 4 is 16.6 Å². The lowest BCUT2D eigenvalue weighted by atomic mass is 10.1. The molecular formula is C19H17N3O2. The second-order valence-electron chi connectivity index (χ2n) is 5.24. The fourth-order valence-electron chi connectivity index (χ4n) is 2.68. The van der Waals surface area contributed by atoms with Crippen molar-refractivity contribution in [3.05, 3.63) is 64.2 Å². The smallest absolute Gasteiger partial charge is 0.267 e. The lowest BCUT2D eigenvalue weighted by Gasteiger charge is -2.13. The predicted molar refractivity (Wildman–Crippen MR) is 95.1 cm³/mol. The summed E-state index contributed by atoms with van der Waals surface area (Å²) < 4.78 is 1.59. The first-order valence-electron chi connectivity index (χ1n) is 7.66. The van der Waals surface area contributed by atoms with E-state index < -0.39 is 0 Å². The summed E-state index contributed by atoms with van der Waals surface area (Å²) >= 11 is 0. The van der Waals surface area contributed by atoms with Crippen molar-refractivity contribution in [3.63, 3.8) is 0 Å². The zero-order valence-electron chi connectivity index (χ0n) is 13.3. The molecule has 0 aliphatic rings. The topological polar surface area (TPSA) is 81.1 Å². The average molecular weight is 319 g/mol. The third-order valence-corrected chi connectivity index (χ3v) is 3.76. The van der Waals surface area contributed by atoms with Gasteiger partial charge in [-0.3, -0.25) is 9.36 Å². The van der Waals surface area contributed by atoms with Crippen LogP contribution in [0.15, 0.2) is 47.3 Å². The summed E-state index contributed by atoms with van der Waals surface area (Å²) in [5.74, 6) is 6.02. The Balaban J connectivity index is 2.45. The van der Waals surface area contributed by atoms with Gasteiger partial charge < -0.3 is 10.8 Å². The Morgan fingerprint density at radius 1 is 1.21 bits per heavy atom. The number of hydrogen-bond donors (Lipinski definition) is 2. The molecule has 2 aromatic carbocycles. The minimum atomic E-state index is -0.302. The minimum Gasteiger partial charge on any atom is -0.398 e. The molecule has 3 N–H and O–H groups in total. The van der Waals surface area contributed by atoms with E-state index >= 15 is 0 Å². The highest BCUT2D eigenvalue weighted by molar-refractivity contribution is 5.89. The Kier molecular flexibility index (Phi) is 4.32. The van der Waals surface area contributed by atoms with E-state index in [-0.39, 0.29) is 12.2 Å². The Morgan fingerprint density at radius 2 is 1.96 bits per heavy atom. The summed E-state index contributed by atoms with van der Waals surface area (Å²) in [5.41, 5.74) is 7.89. The largest absolute Gasteiger partial charge is 0.398 e. The number of fused-ring (bicyclic) bond motifs is 1. The summed E-state index contributed by atoms with van der Waals surface area (Å²) in [5, 5.41) is 9.33. The van der Waals surface area contributed by atoms with Gasteiger partial charge in [0.15, 0.2) is 0 Å². The van der Waals surface area contributed by atoms with Crippen LogP contribution in [0, 0.1) is 11.8 Å². The number of para-hydroxylation sites is 1. The van der Waals surface area contributed by atoms with Crippen molar-refractivity contribution in [2.24, 2.45) is 0 Å². The van der Waals surface area contributed by atoms with Gasteiger partial charge in [-0.15, -0.1) is 0 Å². The number of hydrogen-bond acceptors (Lipinski definition) is 4. The average Bonchev–Trinajstić information content (AvgIpc) is 2.61. The van der Waals surface area contributed by atoms with Crippen LogP contribution < -0.4 is 11.3 Å². The molecule has 5 nitrogen and oxygen atoms in total. The van der Waals surface area contributed by atoms with E-state index in [0.29, 0.717) is 34.4 Å². The van der Waals surface area contributed by atoms with E-state index in [1.54, 1.807) is 16.7 Å². The molecule has 0 saturated carbocycles. The van der Waals surface area contributed by atoms with Crippen molar-refractivity contribution in [1.29, 1.82) is 0 Å². The quantitative estimate of drug-likeness (QED) is 0.558. The van der Waals surface area contributed by atoms with E-state index in [9.17, 15) is 4.79 Å². The summed E-state index contributed by atoms with van der Waals surface area (Å²) in [6, 6.07) is 12.8. The number of aliphatic hydroxyl groups is 1. The fourth-order valence-corrected chi connectivity index (χ4v) is 2.68. The Morgan fingerprint density at radius 3 is 2.62 bits per heavy atom. The van der Waals surface area contributed by atoms with Gasteiger partial charge in [0.25, 0.3) is 5.56 Å². The normalized spacial score (nSPS) is 10.4. The summed E-state index contributed by atoms with van der Waals surface area (Å²) in [6.45, 7) is 1.65. The molecule has 3 rings (SSSR count). The van der Waals surface area contributed by atoms with Crippen LogP contribution in [0.2, 0.25) is 0 Å². The van der Waals surface area contributed by atoms with E-state index in [1.807, 2.05) is 37.3 Å². The van der Waals surface area contributed by atoms with Crippen LogP contribution in [0.4, 0.5) is 5.69 Å². The van der Waals surface area contributed by atoms with E-state index in [0.717, 1.165) is 5.69 Å². The van der Waals surface area contributed by atoms with Crippen molar-refractivity contribution in [1.82, 2.24) is 9.55 Å². The third-order valence-electron chi connectivity index (χ3n) is 3.76. The minimum absolute atomic E-state index is 0.211. The third kappa shape index (κ3) is 2.64. The van der Waals surface area contributed by atoms with Crippen LogP contribution in [0.1, 0.15) is 18.3 Å². The molecule has 0 aliphatic carbocycles. The zero-order chi connectivity index (χ0) is 17.1. The molecule has 3 aromatic rings. The molecule has 5 heteroatoms. The molecule has 0 amide bonds. The van der Waals surface area contributed by atoms with Crippen molar-refractivity contribution < 1.29 is 5.11 Å². The van der Waals surface area contributed by atoms with Crippen LogP contribution in [0.25, 0.3) is 16.6 Å². The molecule has 120 valence electrons. The van der Waals surface area contributed by atoms with E-state index in [4.69, 9.17) is 10.8 Å². The zero-order valence-corrected chi connectivity index (χ0v) is 13.3. The second kappa shape index (κ2) is 6.57. The molecule has 0 unspecified atom stereocenters. The second-order valence-corrected chi connectivity index (χ2v) is 5.24. The summed E-state index contributed by atoms with van der Waals surface area (Å²) in [4.78, 5) is 17.8. The van der Waals surface area contributed by atoms with Crippen molar-refractivity contribution in [3.8, 4) is 17.5 Å². The molecule has 1 aromatic heterocycles. The lowest BCUT2D eigenvalue weighted by molar-refractivity contribution is 0.350. The van der Waals surface area contributed by atoms with Gasteiger partial charge in [0.05, 0.1) is 22.2 Å². The molecule has 0 aliphatic heterocycles. The van der Waals surface area contributed by atoms with Crippen LogP contribution in [-0.4, -0.2) is 21.3 Å². The maximum atomic E-state index is 13.2. The highest BCUT2D eigenvalue weighted by Gasteiger charge is 2.15. The highest BCUT2D eigenvalue weighted by Crippen LogP contribution is 2.21. The van der Waals surface area contributed by atoms with Crippen LogP contribution in [0.5, 0.6) is 0 Å². The van der Waals surface area contributed by atoms with Gasteiger partial charge in [-0.05, 0) is 24.3 Å². The first-order chi connectivity index (χ1) is 11.7. The monoisotopic (exact) mass is 319 g/mol. The van der Waals surface area contributed by atoms with Crippen LogP contribution in [0.3, 0.4) is 0 Å². The van der Waals surface area contributed by atoms with Gasteiger partial charge in [-0.2, -0.15) is 0 Å². The first-order valence-corrected chi connectivity index (χ1v) is 7.66. The number of benzene rings is 2. The molecule has 0 saturated heterocycles. The number of rotatable bonds is 2.